The van der Waals surface area contributed by atoms with Crippen molar-refractivity contribution in [2.24, 2.45) is 5.92 Å². The smallest absolute Gasteiger partial charge is 0.221 e. The average Bonchev–Trinajstić information content (AvgIpc) is 3.23. The van der Waals surface area contributed by atoms with E-state index in [-0.39, 0.29) is 12.0 Å². The summed E-state index contributed by atoms with van der Waals surface area (Å²) in [6, 6.07) is 10.2. The average molecular weight is 300 g/mol. The van der Waals surface area contributed by atoms with Crippen LogP contribution in [0.4, 0.5) is 0 Å². The number of nitrogens with zero attached hydrogens (tertiary/aromatic N) is 3. The Hall–Kier alpha value is -2.21. The van der Waals surface area contributed by atoms with Crippen LogP contribution in [-0.2, 0) is 16.1 Å². The molecule has 22 heavy (non-hydrogen) atoms. The summed E-state index contributed by atoms with van der Waals surface area (Å²) in [5.41, 5.74) is 1.18. The number of rotatable bonds is 6. The Kier molecular flexibility index (Phi) is 4.80. The number of nitrogens with one attached hydrogen (secondary N) is 1. The fourth-order valence-electron chi connectivity index (χ4n) is 2.75. The third-order valence-corrected chi connectivity index (χ3v) is 3.94. The molecule has 3 rings (SSSR count). The van der Waals surface area contributed by atoms with Gasteiger partial charge in [-0.3, -0.25) is 9.48 Å². The van der Waals surface area contributed by atoms with E-state index in [2.05, 4.69) is 27.5 Å². The van der Waals surface area contributed by atoms with Crippen LogP contribution in [0, 0.1) is 5.92 Å². The molecule has 6 nitrogen and oxygen atoms in total. The quantitative estimate of drug-likeness (QED) is 0.879. The van der Waals surface area contributed by atoms with E-state index in [1.807, 2.05) is 18.2 Å². The fraction of sp³-hybridized carbons (Fsp3) is 0.438. The van der Waals surface area contributed by atoms with Gasteiger partial charge in [0, 0.05) is 25.5 Å². The Morgan fingerprint density at radius 2 is 2.23 bits per heavy atom. The van der Waals surface area contributed by atoms with Crippen LogP contribution >= 0.6 is 0 Å². The number of benzene rings is 1. The Morgan fingerprint density at radius 3 is 3.00 bits per heavy atom. The van der Waals surface area contributed by atoms with Crippen LogP contribution in [0.5, 0.6) is 0 Å². The van der Waals surface area contributed by atoms with E-state index in [1.54, 1.807) is 11.0 Å². The van der Waals surface area contributed by atoms with E-state index >= 15 is 0 Å². The van der Waals surface area contributed by atoms with Gasteiger partial charge in [-0.25, -0.2) is 4.98 Å². The zero-order chi connectivity index (χ0) is 15.2. The standard InChI is InChI=1S/C16H20N4O2/c21-15(6-8-20-12-17-11-19-20)18-10-14-7-9-22-16(14)13-4-2-1-3-5-13/h1-5,11-12,14,16H,6-10H2,(H,18,21)/t14-,16-/m1/s1. The lowest BCUT2D eigenvalue weighted by atomic mass is 9.95. The summed E-state index contributed by atoms with van der Waals surface area (Å²) in [6.45, 7) is 1.95. The Balaban J connectivity index is 1.47. The molecule has 1 aromatic carbocycles. The SMILES string of the molecule is O=C(CCn1cncn1)NC[C@H]1CCO[C@@H]1c1ccccc1. The zero-order valence-electron chi connectivity index (χ0n) is 12.4. The Labute approximate surface area is 129 Å². The monoisotopic (exact) mass is 300 g/mol. The molecule has 1 aromatic heterocycles. The molecule has 6 heteroatoms. The summed E-state index contributed by atoms with van der Waals surface area (Å²) in [5, 5.41) is 6.99. The number of carbonyl (C=O) groups is 1. The lowest BCUT2D eigenvalue weighted by Gasteiger charge is -2.19. The molecule has 2 atom stereocenters. The number of aromatic nitrogens is 3. The molecular weight excluding hydrogens is 280 g/mol. The van der Waals surface area contributed by atoms with Crippen LogP contribution < -0.4 is 5.32 Å². The maximum Gasteiger partial charge on any atom is 0.221 e. The van der Waals surface area contributed by atoms with Crippen molar-refractivity contribution in [3.8, 4) is 0 Å². The van der Waals surface area contributed by atoms with Gasteiger partial charge in [0.2, 0.25) is 5.91 Å². The first-order valence-electron chi connectivity index (χ1n) is 7.58. The molecule has 0 aliphatic carbocycles. The second-order valence-electron chi connectivity index (χ2n) is 5.46. The molecule has 1 amide bonds. The van der Waals surface area contributed by atoms with Crippen LogP contribution in [0.3, 0.4) is 0 Å². The molecule has 2 heterocycles. The predicted molar refractivity (Wildman–Crippen MR) is 80.9 cm³/mol. The molecule has 0 unspecified atom stereocenters. The molecule has 0 spiro atoms. The van der Waals surface area contributed by atoms with Crippen LogP contribution in [0.25, 0.3) is 0 Å². The lowest BCUT2D eigenvalue weighted by Crippen LogP contribution is -2.31. The molecule has 2 aromatic rings. The van der Waals surface area contributed by atoms with Crippen LogP contribution in [0.1, 0.15) is 24.5 Å². The fourth-order valence-corrected chi connectivity index (χ4v) is 2.75. The van der Waals surface area contributed by atoms with Gasteiger partial charge in [0.15, 0.2) is 0 Å². The first-order valence-corrected chi connectivity index (χ1v) is 7.58. The highest BCUT2D eigenvalue weighted by molar-refractivity contribution is 5.75. The van der Waals surface area contributed by atoms with Gasteiger partial charge in [-0.05, 0) is 12.0 Å². The summed E-state index contributed by atoms with van der Waals surface area (Å²) < 4.78 is 7.49. The topological polar surface area (TPSA) is 69.0 Å². The third-order valence-electron chi connectivity index (χ3n) is 3.94. The van der Waals surface area contributed by atoms with Crippen molar-refractivity contribution < 1.29 is 9.53 Å². The summed E-state index contributed by atoms with van der Waals surface area (Å²) in [4.78, 5) is 15.8. The maximum absolute atomic E-state index is 11.9. The third kappa shape index (κ3) is 3.71. The summed E-state index contributed by atoms with van der Waals surface area (Å²) >= 11 is 0. The zero-order valence-corrected chi connectivity index (χ0v) is 12.4. The van der Waals surface area contributed by atoms with Gasteiger partial charge < -0.3 is 10.1 Å². The van der Waals surface area contributed by atoms with E-state index in [4.69, 9.17) is 4.74 Å². The Morgan fingerprint density at radius 1 is 1.36 bits per heavy atom. The molecule has 0 radical (unpaired) electrons. The highest BCUT2D eigenvalue weighted by atomic mass is 16.5. The number of ether oxygens (including phenoxy) is 1. The first kappa shape index (κ1) is 14.7. The van der Waals surface area contributed by atoms with Gasteiger partial charge in [0.05, 0.1) is 12.6 Å². The van der Waals surface area contributed by atoms with Crippen molar-refractivity contribution in [2.45, 2.75) is 25.5 Å². The van der Waals surface area contributed by atoms with Gasteiger partial charge in [0.1, 0.15) is 12.7 Å². The van der Waals surface area contributed by atoms with Crippen LogP contribution in [-0.4, -0.2) is 33.8 Å². The second-order valence-corrected chi connectivity index (χ2v) is 5.46. The normalized spacial score (nSPS) is 20.9. The molecule has 1 aliphatic heterocycles. The second kappa shape index (κ2) is 7.17. The molecule has 1 N–H and O–H groups in total. The minimum Gasteiger partial charge on any atom is -0.373 e. The van der Waals surface area contributed by atoms with Crippen molar-refractivity contribution in [3.63, 3.8) is 0 Å². The van der Waals surface area contributed by atoms with Gasteiger partial charge in [-0.2, -0.15) is 5.10 Å². The Bertz CT molecular complexity index is 585. The van der Waals surface area contributed by atoms with Crippen molar-refractivity contribution in [3.05, 3.63) is 48.5 Å². The van der Waals surface area contributed by atoms with E-state index in [0.29, 0.717) is 25.4 Å². The molecule has 1 saturated heterocycles. The number of hydrogen-bond donors (Lipinski definition) is 1. The highest BCUT2D eigenvalue weighted by Crippen LogP contribution is 2.33. The molecule has 1 aliphatic rings. The lowest BCUT2D eigenvalue weighted by molar-refractivity contribution is -0.121. The maximum atomic E-state index is 11.9. The molecule has 116 valence electrons. The minimum atomic E-state index is 0.0363. The molecule has 1 fully saturated rings. The van der Waals surface area contributed by atoms with Gasteiger partial charge in [-0.15, -0.1) is 0 Å². The largest absolute Gasteiger partial charge is 0.373 e. The predicted octanol–water partition coefficient (Wildman–Crippen LogP) is 1.56. The van der Waals surface area contributed by atoms with Crippen molar-refractivity contribution in [1.82, 2.24) is 20.1 Å². The van der Waals surface area contributed by atoms with E-state index in [1.165, 1.54) is 11.9 Å². The summed E-state index contributed by atoms with van der Waals surface area (Å²) in [6.07, 6.45) is 4.55. The first-order chi connectivity index (χ1) is 10.8. The molecule has 0 saturated carbocycles. The molecular formula is C16H20N4O2. The number of aryl methyl sites for hydroxylation is 1. The van der Waals surface area contributed by atoms with Crippen LogP contribution in [0.2, 0.25) is 0 Å². The number of carbonyl (C=O) groups excluding carboxylic acids is 1. The number of hydrogen-bond acceptors (Lipinski definition) is 4. The van der Waals surface area contributed by atoms with E-state index < -0.39 is 0 Å². The minimum absolute atomic E-state index is 0.0363. The van der Waals surface area contributed by atoms with Gasteiger partial charge in [-0.1, -0.05) is 30.3 Å². The summed E-state index contributed by atoms with van der Waals surface area (Å²) in [7, 11) is 0. The van der Waals surface area contributed by atoms with Gasteiger partial charge >= 0.3 is 0 Å². The van der Waals surface area contributed by atoms with Crippen LogP contribution in [0.15, 0.2) is 43.0 Å². The number of amides is 1. The van der Waals surface area contributed by atoms with E-state index in [9.17, 15) is 4.79 Å². The van der Waals surface area contributed by atoms with Crippen molar-refractivity contribution in [1.29, 1.82) is 0 Å². The van der Waals surface area contributed by atoms with E-state index in [0.717, 1.165) is 13.0 Å². The summed E-state index contributed by atoms with van der Waals surface area (Å²) in [5.74, 6) is 0.368. The van der Waals surface area contributed by atoms with Crippen molar-refractivity contribution in [2.75, 3.05) is 13.2 Å². The van der Waals surface area contributed by atoms with Crippen molar-refractivity contribution >= 4 is 5.91 Å². The molecule has 0 bridgehead atoms. The van der Waals surface area contributed by atoms with Gasteiger partial charge in [0.25, 0.3) is 0 Å². The highest BCUT2D eigenvalue weighted by Gasteiger charge is 2.29.